The van der Waals surface area contributed by atoms with Crippen molar-refractivity contribution in [3.63, 3.8) is 0 Å². The first-order valence-corrected chi connectivity index (χ1v) is 10.1. The summed E-state index contributed by atoms with van der Waals surface area (Å²) in [7, 11) is -1.90. The third-order valence-corrected chi connectivity index (χ3v) is 6.93. The second-order valence-corrected chi connectivity index (χ2v) is 9.09. The third-order valence-electron chi connectivity index (χ3n) is 4.30. The average Bonchev–Trinajstić information content (AvgIpc) is 2.55. The number of halogens is 1. The lowest BCUT2D eigenvalue weighted by molar-refractivity contribution is -0.133. The number of carbonyl (C=O) groups is 1. The fourth-order valence-electron chi connectivity index (χ4n) is 2.68. The standard InChI is InChI=1S/C18H18BrNO4S/c1-24-15-6-8-16(9-7-15)25(22,23)17-11-20(12-17)18(21)10-13-2-4-14(19)5-3-13/h2-9,17H,10-12H2,1H3. The van der Waals surface area contributed by atoms with Crippen LogP contribution in [0.15, 0.2) is 57.9 Å². The number of nitrogens with zero attached hydrogens (tertiary/aromatic N) is 1. The van der Waals surface area contributed by atoms with Gasteiger partial charge in [-0.1, -0.05) is 28.1 Å². The number of ether oxygens (including phenoxy) is 1. The summed E-state index contributed by atoms with van der Waals surface area (Å²) >= 11 is 3.36. The van der Waals surface area contributed by atoms with Gasteiger partial charge >= 0.3 is 0 Å². The molecule has 0 saturated carbocycles. The van der Waals surface area contributed by atoms with Gasteiger partial charge in [0.1, 0.15) is 11.0 Å². The van der Waals surface area contributed by atoms with Crippen LogP contribution in [-0.4, -0.2) is 44.7 Å². The summed E-state index contributed by atoms with van der Waals surface area (Å²) in [6, 6.07) is 13.9. The molecule has 0 aromatic heterocycles. The number of carbonyl (C=O) groups excluding carboxylic acids is 1. The maximum absolute atomic E-state index is 12.6. The van der Waals surface area contributed by atoms with Crippen LogP contribution in [0.2, 0.25) is 0 Å². The van der Waals surface area contributed by atoms with Crippen molar-refractivity contribution in [3.8, 4) is 5.75 Å². The SMILES string of the molecule is COc1ccc(S(=O)(=O)C2CN(C(=O)Cc3ccc(Br)cc3)C2)cc1. The van der Waals surface area contributed by atoms with Crippen LogP contribution in [0.3, 0.4) is 0 Å². The molecule has 5 nitrogen and oxygen atoms in total. The molecular weight excluding hydrogens is 406 g/mol. The van der Waals surface area contributed by atoms with Gasteiger partial charge in [0.05, 0.1) is 18.4 Å². The average molecular weight is 424 g/mol. The fraction of sp³-hybridized carbons (Fsp3) is 0.278. The van der Waals surface area contributed by atoms with Crippen molar-refractivity contribution in [2.24, 2.45) is 0 Å². The van der Waals surface area contributed by atoms with E-state index < -0.39 is 15.1 Å². The van der Waals surface area contributed by atoms with Gasteiger partial charge in [0.15, 0.2) is 9.84 Å². The van der Waals surface area contributed by atoms with E-state index in [0.29, 0.717) is 5.75 Å². The lowest BCUT2D eigenvalue weighted by Gasteiger charge is -2.38. The molecule has 1 aliphatic heterocycles. The zero-order valence-corrected chi connectivity index (χ0v) is 16.1. The molecule has 0 radical (unpaired) electrons. The molecule has 0 unspecified atom stereocenters. The van der Waals surface area contributed by atoms with Gasteiger partial charge in [0.2, 0.25) is 5.91 Å². The van der Waals surface area contributed by atoms with Crippen molar-refractivity contribution in [1.29, 1.82) is 0 Å². The number of amides is 1. The van der Waals surface area contributed by atoms with E-state index in [4.69, 9.17) is 4.74 Å². The number of likely N-dealkylation sites (tertiary alicyclic amines) is 1. The first-order chi connectivity index (χ1) is 11.9. The molecule has 7 heteroatoms. The van der Waals surface area contributed by atoms with Crippen LogP contribution >= 0.6 is 15.9 Å². The summed E-state index contributed by atoms with van der Waals surface area (Å²) in [6.45, 7) is 0.480. The molecule has 25 heavy (non-hydrogen) atoms. The monoisotopic (exact) mass is 423 g/mol. The molecule has 132 valence electrons. The summed E-state index contributed by atoms with van der Waals surface area (Å²) in [6.07, 6.45) is 0.280. The smallest absolute Gasteiger partial charge is 0.227 e. The molecular formula is C18H18BrNO4S. The number of hydrogen-bond acceptors (Lipinski definition) is 4. The van der Waals surface area contributed by atoms with Gasteiger partial charge in [-0.2, -0.15) is 0 Å². The van der Waals surface area contributed by atoms with E-state index in [1.54, 1.807) is 29.2 Å². The molecule has 2 aromatic rings. The fourth-order valence-corrected chi connectivity index (χ4v) is 4.60. The van der Waals surface area contributed by atoms with E-state index in [0.717, 1.165) is 10.0 Å². The third kappa shape index (κ3) is 3.88. The number of hydrogen-bond donors (Lipinski definition) is 0. The molecule has 0 atom stereocenters. The highest BCUT2D eigenvalue weighted by Crippen LogP contribution is 2.26. The zero-order chi connectivity index (χ0) is 18.0. The second-order valence-electron chi connectivity index (χ2n) is 5.94. The van der Waals surface area contributed by atoms with Crippen LogP contribution in [0.5, 0.6) is 5.75 Å². The Morgan fingerprint density at radius 2 is 1.72 bits per heavy atom. The maximum atomic E-state index is 12.6. The second kappa shape index (κ2) is 7.17. The quantitative estimate of drug-likeness (QED) is 0.741. The van der Waals surface area contributed by atoms with Crippen LogP contribution in [0.4, 0.5) is 0 Å². The molecule has 2 aromatic carbocycles. The predicted octanol–water partition coefficient (Wildman–Crippen LogP) is 2.68. The van der Waals surface area contributed by atoms with Gasteiger partial charge < -0.3 is 9.64 Å². The Kier molecular flexibility index (Phi) is 5.15. The Bertz CT molecular complexity index is 857. The molecule has 1 saturated heterocycles. The zero-order valence-electron chi connectivity index (χ0n) is 13.7. The van der Waals surface area contributed by atoms with Gasteiger partial charge in [-0.3, -0.25) is 4.79 Å². The summed E-state index contributed by atoms with van der Waals surface area (Å²) in [4.78, 5) is 14.1. The summed E-state index contributed by atoms with van der Waals surface area (Å²) in [5, 5.41) is -0.547. The van der Waals surface area contributed by atoms with Crippen molar-refractivity contribution in [2.75, 3.05) is 20.2 Å². The normalized spacial score (nSPS) is 14.9. The molecule has 0 aliphatic carbocycles. The number of methoxy groups -OCH3 is 1. The molecule has 1 amide bonds. The van der Waals surface area contributed by atoms with Gasteiger partial charge in [-0.15, -0.1) is 0 Å². The molecule has 3 rings (SSSR count). The highest BCUT2D eigenvalue weighted by Gasteiger charge is 2.40. The van der Waals surface area contributed by atoms with E-state index in [2.05, 4.69) is 15.9 Å². The van der Waals surface area contributed by atoms with E-state index in [-0.39, 0.29) is 30.3 Å². The van der Waals surface area contributed by atoms with Crippen molar-refractivity contribution < 1.29 is 17.9 Å². The van der Waals surface area contributed by atoms with Crippen molar-refractivity contribution in [1.82, 2.24) is 4.90 Å². The molecule has 0 spiro atoms. The van der Waals surface area contributed by atoms with Crippen LogP contribution < -0.4 is 4.74 Å². The predicted molar refractivity (Wildman–Crippen MR) is 98.4 cm³/mol. The molecule has 1 heterocycles. The van der Waals surface area contributed by atoms with Crippen LogP contribution in [0.1, 0.15) is 5.56 Å². The van der Waals surface area contributed by atoms with Gasteiger partial charge in [-0.05, 0) is 42.0 Å². The van der Waals surface area contributed by atoms with E-state index >= 15 is 0 Å². The van der Waals surface area contributed by atoms with Gasteiger partial charge in [0, 0.05) is 17.6 Å². The minimum Gasteiger partial charge on any atom is -0.497 e. The summed E-state index contributed by atoms with van der Waals surface area (Å²) < 4.78 is 31.2. The van der Waals surface area contributed by atoms with Crippen molar-refractivity contribution >= 4 is 31.7 Å². The number of sulfone groups is 1. The first-order valence-electron chi connectivity index (χ1n) is 7.80. The highest BCUT2D eigenvalue weighted by molar-refractivity contribution is 9.10. The Hall–Kier alpha value is -1.86. The largest absolute Gasteiger partial charge is 0.497 e. The lowest BCUT2D eigenvalue weighted by atomic mass is 10.1. The van der Waals surface area contributed by atoms with Crippen LogP contribution in [0, 0.1) is 0 Å². The first kappa shape index (κ1) is 17.9. The van der Waals surface area contributed by atoms with Crippen molar-refractivity contribution in [3.05, 3.63) is 58.6 Å². The van der Waals surface area contributed by atoms with E-state index in [9.17, 15) is 13.2 Å². The number of rotatable bonds is 5. The Labute approximate surface area is 155 Å². The Balaban J connectivity index is 1.60. The topological polar surface area (TPSA) is 63.7 Å². The Morgan fingerprint density at radius 1 is 1.12 bits per heavy atom. The van der Waals surface area contributed by atoms with Gasteiger partial charge in [0.25, 0.3) is 0 Å². The molecule has 1 fully saturated rings. The van der Waals surface area contributed by atoms with Crippen LogP contribution in [0.25, 0.3) is 0 Å². The minimum atomic E-state index is -3.43. The molecule has 0 bridgehead atoms. The number of benzene rings is 2. The summed E-state index contributed by atoms with van der Waals surface area (Å²) in [5.41, 5.74) is 0.912. The van der Waals surface area contributed by atoms with Crippen LogP contribution in [-0.2, 0) is 21.1 Å². The highest BCUT2D eigenvalue weighted by atomic mass is 79.9. The minimum absolute atomic E-state index is 0.0523. The Morgan fingerprint density at radius 3 is 2.28 bits per heavy atom. The van der Waals surface area contributed by atoms with Crippen molar-refractivity contribution in [2.45, 2.75) is 16.6 Å². The molecule has 1 aliphatic rings. The summed E-state index contributed by atoms with van der Waals surface area (Å²) in [5.74, 6) is 0.558. The van der Waals surface area contributed by atoms with Gasteiger partial charge in [-0.25, -0.2) is 8.42 Å². The maximum Gasteiger partial charge on any atom is 0.227 e. The molecule has 0 N–H and O–H groups in total. The lowest BCUT2D eigenvalue weighted by Crippen LogP contribution is -2.57. The van der Waals surface area contributed by atoms with E-state index in [1.165, 1.54) is 7.11 Å². The van der Waals surface area contributed by atoms with E-state index in [1.807, 2.05) is 24.3 Å².